The monoisotopic (exact) mass is 297 g/mol. The van der Waals surface area contributed by atoms with E-state index in [-0.39, 0.29) is 6.10 Å². The molecule has 1 N–H and O–H groups in total. The molecule has 1 aliphatic heterocycles. The first-order valence-electron chi connectivity index (χ1n) is 7.90. The largest absolute Gasteiger partial charge is 0.376 e. The molecule has 1 heterocycles. The van der Waals surface area contributed by atoms with E-state index in [0.717, 1.165) is 19.7 Å². The zero-order valence-electron chi connectivity index (χ0n) is 12.8. The van der Waals surface area contributed by atoms with Crippen molar-refractivity contribution in [3.05, 3.63) is 71.8 Å². The summed E-state index contributed by atoms with van der Waals surface area (Å²) in [5.74, 6) is 0.424. The van der Waals surface area contributed by atoms with E-state index in [2.05, 4.69) is 29.6 Å². The van der Waals surface area contributed by atoms with Crippen molar-refractivity contribution in [3.8, 4) is 0 Å². The molecule has 3 nitrogen and oxygen atoms in total. The van der Waals surface area contributed by atoms with E-state index in [1.165, 1.54) is 11.1 Å². The highest BCUT2D eigenvalue weighted by Gasteiger charge is 2.27. The molecule has 0 aliphatic carbocycles. The minimum absolute atomic E-state index is 0.232. The smallest absolute Gasteiger partial charge is 0.0766 e. The zero-order chi connectivity index (χ0) is 15.0. The van der Waals surface area contributed by atoms with Gasteiger partial charge in [0.2, 0.25) is 0 Å². The molecular formula is C19H23NO2. The highest BCUT2D eigenvalue weighted by Crippen LogP contribution is 2.16. The number of hydrogen-bond acceptors (Lipinski definition) is 3. The first-order chi connectivity index (χ1) is 10.9. The van der Waals surface area contributed by atoms with Crippen LogP contribution in [0.3, 0.4) is 0 Å². The van der Waals surface area contributed by atoms with Crippen molar-refractivity contribution >= 4 is 0 Å². The summed E-state index contributed by atoms with van der Waals surface area (Å²) < 4.78 is 11.9. The molecule has 0 bridgehead atoms. The van der Waals surface area contributed by atoms with Crippen LogP contribution in [0, 0.1) is 5.92 Å². The van der Waals surface area contributed by atoms with Gasteiger partial charge in [-0.15, -0.1) is 0 Å². The molecule has 0 aromatic heterocycles. The first kappa shape index (κ1) is 15.2. The minimum Gasteiger partial charge on any atom is -0.376 e. The molecular weight excluding hydrogens is 274 g/mol. The van der Waals surface area contributed by atoms with Crippen molar-refractivity contribution in [1.29, 1.82) is 0 Å². The summed E-state index contributed by atoms with van der Waals surface area (Å²) in [6.07, 6.45) is 0.232. The Morgan fingerprint density at radius 2 is 1.45 bits per heavy atom. The molecule has 2 aromatic carbocycles. The van der Waals surface area contributed by atoms with Gasteiger partial charge < -0.3 is 14.8 Å². The molecule has 0 radical (unpaired) electrons. The van der Waals surface area contributed by atoms with Crippen molar-refractivity contribution in [3.63, 3.8) is 0 Å². The number of benzene rings is 2. The van der Waals surface area contributed by atoms with Gasteiger partial charge in [-0.3, -0.25) is 0 Å². The lowest BCUT2D eigenvalue weighted by Gasteiger charge is -2.19. The lowest BCUT2D eigenvalue weighted by molar-refractivity contribution is -0.00989. The second kappa shape index (κ2) is 8.08. The van der Waals surface area contributed by atoms with Crippen molar-refractivity contribution in [2.24, 2.45) is 5.92 Å². The van der Waals surface area contributed by atoms with E-state index < -0.39 is 0 Å². The molecule has 22 heavy (non-hydrogen) atoms. The van der Waals surface area contributed by atoms with Gasteiger partial charge in [0.15, 0.2) is 0 Å². The van der Waals surface area contributed by atoms with Gasteiger partial charge >= 0.3 is 0 Å². The van der Waals surface area contributed by atoms with E-state index >= 15 is 0 Å². The summed E-state index contributed by atoms with van der Waals surface area (Å²) in [6, 6.07) is 20.6. The standard InChI is InChI=1S/C19H23NO2/c1-3-7-16(8-4-1)13-21-15-18-11-20-12-19(18)22-14-17-9-5-2-6-10-17/h1-10,18-20H,11-15H2. The van der Waals surface area contributed by atoms with Gasteiger partial charge in [-0.25, -0.2) is 0 Å². The van der Waals surface area contributed by atoms with Gasteiger partial charge in [0.1, 0.15) is 0 Å². The molecule has 0 saturated carbocycles. The summed E-state index contributed by atoms with van der Waals surface area (Å²) in [5, 5.41) is 3.40. The van der Waals surface area contributed by atoms with E-state index in [9.17, 15) is 0 Å². The molecule has 1 aliphatic rings. The fourth-order valence-corrected chi connectivity index (χ4v) is 2.75. The van der Waals surface area contributed by atoms with Crippen LogP contribution in [0.25, 0.3) is 0 Å². The molecule has 3 heteroatoms. The second-order valence-electron chi connectivity index (χ2n) is 5.75. The number of nitrogens with one attached hydrogen (secondary N) is 1. The summed E-state index contributed by atoms with van der Waals surface area (Å²) in [7, 11) is 0. The first-order valence-corrected chi connectivity index (χ1v) is 7.90. The highest BCUT2D eigenvalue weighted by molar-refractivity contribution is 5.14. The average Bonchev–Trinajstić information content (AvgIpc) is 3.02. The Bertz CT molecular complexity index is 544. The lowest BCUT2D eigenvalue weighted by Crippen LogP contribution is -2.26. The van der Waals surface area contributed by atoms with Crippen LogP contribution in [0.15, 0.2) is 60.7 Å². The summed E-state index contributed by atoms with van der Waals surface area (Å²) in [4.78, 5) is 0. The Morgan fingerprint density at radius 1 is 0.818 bits per heavy atom. The molecule has 2 unspecified atom stereocenters. The van der Waals surface area contributed by atoms with Crippen LogP contribution in [0.4, 0.5) is 0 Å². The number of ether oxygens (including phenoxy) is 2. The van der Waals surface area contributed by atoms with Gasteiger partial charge in [-0.2, -0.15) is 0 Å². The maximum Gasteiger partial charge on any atom is 0.0766 e. The van der Waals surface area contributed by atoms with E-state index in [1.807, 2.05) is 36.4 Å². The van der Waals surface area contributed by atoms with Crippen LogP contribution in [-0.2, 0) is 22.7 Å². The van der Waals surface area contributed by atoms with Crippen LogP contribution in [0.1, 0.15) is 11.1 Å². The highest BCUT2D eigenvalue weighted by atomic mass is 16.5. The predicted molar refractivity (Wildman–Crippen MR) is 87.5 cm³/mol. The van der Waals surface area contributed by atoms with E-state index in [0.29, 0.717) is 19.1 Å². The Balaban J connectivity index is 1.42. The Kier molecular flexibility index (Phi) is 5.59. The van der Waals surface area contributed by atoms with E-state index in [4.69, 9.17) is 9.47 Å². The maximum absolute atomic E-state index is 6.06. The topological polar surface area (TPSA) is 30.5 Å². The fourth-order valence-electron chi connectivity index (χ4n) is 2.75. The van der Waals surface area contributed by atoms with Gasteiger partial charge in [0, 0.05) is 19.0 Å². The summed E-state index contributed by atoms with van der Waals surface area (Å²) in [5.41, 5.74) is 2.44. The Morgan fingerprint density at radius 3 is 2.14 bits per heavy atom. The molecule has 1 saturated heterocycles. The van der Waals surface area contributed by atoms with Crippen LogP contribution in [-0.4, -0.2) is 25.8 Å². The normalized spacial score (nSPS) is 21.1. The second-order valence-corrected chi connectivity index (χ2v) is 5.75. The average molecular weight is 297 g/mol. The third-order valence-corrected chi connectivity index (χ3v) is 4.03. The summed E-state index contributed by atoms with van der Waals surface area (Å²) >= 11 is 0. The third kappa shape index (κ3) is 4.41. The van der Waals surface area contributed by atoms with Crippen LogP contribution < -0.4 is 5.32 Å². The predicted octanol–water partition coefficient (Wildman–Crippen LogP) is 3.01. The lowest BCUT2D eigenvalue weighted by atomic mass is 10.1. The van der Waals surface area contributed by atoms with Crippen molar-refractivity contribution in [2.45, 2.75) is 19.3 Å². The molecule has 3 rings (SSSR count). The molecule has 2 aromatic rings. The molecule has 2 atom stereocenters. The van der Waals surface area contributed by atoms with Gasteiger partial charge in [-0.1, -0.05) is 60.7 Å². The minimum atomic E-state index is 0.232. The van der Waals surface area contributed by atoms with Crippen molar-refractivity contribution in [2.75, 3.05) is 19.7 Å². The zero-order valence-corrected chi connectivity index (χ0v) is 12.8. The quantitative estimate of drug-likeness (QED) is 0.852. The Labute approximate surface area is 132 Å². The van der Waals surface area contributed by atoms with Gasteiger partial charge in [0.25, 0.3) is 0 Å². The van der Waals surface area contributed by atoms with Crippen molar-refractivity contribution < 1.29 is 9.47 Å². The van der Waals surface area contributed by atoms with E-state index in [1.54, 1.807) is 0 Å². The molecule has 1 fully saturated rings. The Hall–Kier alpha value is -1.68. The van der Waals surface area contributed by atoms with Crippen LogP contribution in [0.5, 0.6) is 0 Å². The van der Waals surface area contributed by atoms with Crippen LogP contribution in [0.2, 0.25) is 0 Å². The van der Waals surface area contributed by atoms with Gasteiger partial charge in [0.05, 0.1) is 25.9 Å². The van der Waals surface area contributed by atoms with Crippen LogP contribution >= 0.6 is 0 Å². The fraction of sp³-hybridized carbons (Fsp3) is 0.368. The molecule has 116 valence electrons. The SMILES string of the molecule is c1ccc(COCC2CNCC2OCc2ccccc2)cc1. The van der Waals surface area contributed by atoms with Gasteiger partial charge in [-0.05, 0) is 11.1 Å². The number of hydrogen-bond donors (Lipinski definition) is 1. The summed E-state index contributed by atoms with van der Waals surface area (Å²) in [6.45, 7) is 3.95. The number of rotatable bonds is 7. The molecule has 0 spiro atoms. The van der Waals surface area contributed by atoms with Crippen molar-refractivity contribution in [1.82, 2.24) is 5.32 Å². The maximum atomic E-state index is 6.06. The molecule has 0 amide bonds. The third-order valence-electron chi connectivity index (χ3n) is 4.03.